The van der Waals surface area contributed by atoms with Gasteiger partial charge in [0.15, 0.2) is 6.10 Å². The second-order valence-electron chi connectivity index (χ2n) is 4.61. The number of carbonyl (C=O) groups excluding carboxylic acids is 3. The predicted octanol–water partition coefficient (Wildman–Crippen LogP) is 1.15. The molecule has 1 aromatic carbocycles. The number of rotatable bonds is 6. The summed E-state index contributed by atoms with van der Waals surface area (Å²) in [4.78, 5) is 34.0. The largest absolute Gasteiger partial charge is 0.493 e. The van der Waals surface area contributed by atoms with E-state index >= 15 is 0 Å². The quantitative estimate of drug-likeness (QED) is 0.769. The molecule has 0 heterocycles. The van der Waals surface area contributed by atoms with Gasteiger partial charge in [-0.2, -0.15) is 0 Å². The highest BCUT2D eigenvalue weighted by atomic mass is 16.5. The van der Waals surface area contributed by atoms with Crippen molar-refractivity contribution in [1.29, 1.82) is 0 Å². The molecule has 1 rings (SSSR count). The van der Waals surface area contributed by atoms with Gasteiger partial charge in [0.05, 0.1) is 13.0 Å². The van der Waals surface area contributed by atoms with Crippen molar-refractivity contribution in [2.24, 2.45) is 0 Å². The maximum atomic E-state index is 11.6. The molecular weight excluding hydrogens is 288 g/mol. The van der Waals surface area contributed by atoms with E-state index in [0.29, 0.717) is 5.75 Å². The Hall–Kier alpha value is -2.57. The zero-order valence-electron chi connectivity index (χ0n) is 12.8. The van der Waals surface area contributed by atoms with Crippen molar-refractivity contribution in [2.75, 3.05) is 13.7 Å². The third kappa shape index (κ3) is 6.25. The van der Waals surface area contributed by atoms with E-state index in [-0.39, 0.29) is 13.0 Å². The molecule has 2 N–H and O–H groups in total. The summed E-state index contributed by atoms with van der Waals surface area (Å²) in [5, 5.41) is 4.25. The highest BCUT2D eigenvalue weighted by Gasteiger charge is 2.19. The molecule has 0 fully saturated rings. The van der Waals surface area contributed by atoms with Crippen LogP contribution in [0.5, 0.6) is 5.75 Å². The van der Waals surface area contributed by atoms with E-state index in [4.69, 9.17) is 9.47 Å². The van der Waals surface area contributed by atoms with E-state index in [1.54, 1.807) is 12.1 Å². The van der Waals surface area contributed by atoms with E-state index < -0.39 is 24.0 Å². The van der Waals surface area contributed by atoms with E-state index in [1.807, 2.05) is 24.4 Å². The molecule has 0 aliphatic heterocycles. The number of imide groups is 1. The zero-order valence-corrected chi connectivity index (χ0v) is 12.8. The van der Waals surface area contributed by atoms with Gasteiger partial charge in [-0.3, -0.25) is 14.9 Å². The summed E-state index contributed by atoms with van der Waals surface area (Å²) in [5.74, 6) is -0.609. The summed E-state index contributed by atoms with van der Waals surface area (Å²) >= 11 is 0. The van der Waals surface area contributed by atoms with E-state index in [0.717, 1.165) is 5.56 Å². The molecule has 7 nitrogen and oxygen atoms in total. The molecule has 120 valence electrons. The van der Waals surface area contributed by atoms with Gasteiger partial charge in [0.25, 0.3) is 5.91 Å². The molecule has 0 aliphatic rings. The van der Waals surface area contributed by atoms with E-state index in [2.05, 4.69) is 5.32 Å². The SMILES string of the molecule is CNC(=O)NC(=O)[C@H](C)OC(=O)CCOc1ccc(C)cc1. The lowest BCUT2D eigenvalue weighted by Gasteiger charge is -2.13. The van der Waals surface area contributed by atoms with Gasteiger partial charge in [0.1, 0.15) is 5.75 Å². The third-order valence-electron chi connectivity index (χ3n) is 2.74. The van der Waals surface area contributed by atoms with Crippen LogP contribution in [0.25, 0.3) is 0 Å². The molecule has 3 amide bonds. The van der Waals surface area contributed by atoms with Crippen molar-refractivity contribution in [3.63, 3.8) is 0 Å². The minimum Gasteiger partial charge on any atom is -0.493 e. The second kappa shape index (κ2) is 8.66. The van der Waals surface area contributed by atoms with Gasteiger partial charge in [-0.05, 0) is 26.0 Å². The van der Waals surface area contributed by atoms with Crippen molar-refractivity contribution in [2.45, 2.75) is 26.4 Å². The number of aryl methyl sites for hydroxylation is 1. The van der Waals surface area contributed by atoms with Crippen molar-refractivity contribution in [1.82, 2.24) is 10.6 Å². The topological polar surface area (TPSA) is 93.7 Å². The molecule has 1 aromatic rings. The lowest BCUT2D eigenvalue weighted by atomic mass is 10.2. The van der Waals surface area contributed by atoms with Crippen molar-refractivity contribution < 1.29 is 23.9 Å². The van der Waals surface area contributed by atoms with Gasteiger partial charge in [-0.1, -0.05) is 17.7 Å². The molecular formula is C15H20N2O5. The molecule has 0 aromatic heterocycles. The van der Waals surface area contributed by atoms with E-state index in [9.17, 15) is 14.4 Å². The lowest BCUT2D eigenvalue weighted by Crippen LogP contribution is -2.43. The molecule has 0 bridgehead atoms. The Morgan fingerprint density at radius 2 is 1.82 bits per heavy atom. The Morgan fingerprint density at radius 3 is 2.41 bits per heavy atom. The summed E-state index contributed by atoms with van der Waals surface area (Å²) in [6.45, 7) is 3.50. The maximum Gasteiger partial charge on any atom is 0.321 e. The van der Waals surface area contributed by atoms with Crippen LogP contribution in [0.15, 0.2) is 24.3 Å². The number of carbonyl (C=O) groups is 3. The van der Waals surface area contributed by atoms with Crippen LogP contribution >= 0.6 is 0 Å². The van der Waals surface area contributed by atoms with Crippen LogP contribution in [0, 0.1) is 6.92 Å². The summed E-state index contributed by atoms with van der Waals surface area (Å²) in [6.07, 6.45) is -1.05. The Labute approximate surface area is 129 Å². The Kier molecular flexibility index (Phi) is 6.88. The van der Waals surface area contributed by atoms with Crippen LogP contribution in [-0.4, -0.2) is 37.7 Å². The molecule has 0 aliphatic carbocycles. The van der Waals surface area contributed by atoms with Crippen molar-refractivity contribution in [3.8, 4) is 5.75 Å². The number of hydrogen-bond donors (Lipinski definition) is 2. The standard InChI is InChI=1S/C15H20N2O5/c1-10-4-6-12(7-5-10)21-9-8-13(18)22-11(2)14(19)17-15(20)16-3/h4-7,11H,8-9H2,1-3H3,(H2,16,17,19,20)/t11-/m0/s1. The summed E-state index contributed by atoms with van der Waals surface area (Å²) in [7, 11) is 1.38. The summed E-state index contributed by atoms with van der Waals surface area (Å²) in [6, 6.07) is 6.76. The highest BCUT2D eigenvalue weighted by molar-refractivity contribution is 5.96. The van der Waals surface area contributed by atoms with Gasteiger partial charge < -0.3 is 14.8 Å². The van der Waals surface area contributed by atoms with Gasteiger partial charge in [0.2, 0.25) is 0 Å². The molecule has 0 spiro atoms. The first-order valence-corrected chi connectivity index (χ1v) is 6.84. The number of amides is 3. The Bertz CT molecular complexity index is 527. The van der Waals surface area contributed by atoms with Crippen LogP contribution in [-0.2, 0) is 14.3 Å². The maximum absolute atomic E-state index is 11.6. The van der Waals surface area contributed by atoms with Gasteiger partial charge in [0, 0.05) is 7.05 Å². The summed E-state index contributed by atoms with van der Waals surface area (Å²) in [5.41, 5.74) is 1.11. The van der Waals surface area contributed by atoms with Crippen LogP contribution in [0.4, 0.5) is 4.79 Å². The molecule has 1 atom stereocenters. The minimum absolute atomic E-state index is 0.00543. The smallest absolute Gasteiger partial charge is 0.321 e. The molecule has 0 unspecified atom stereocenters. The molecule has 0 saturated heterocycles. The predicted molar refractivity (Wildman–Crippen MR) is 79.4 cm³/mol. The van der Waals surface area contributed by atoms with E-state index in [1.165, 1.54) is 14.0 Å². The van der Waals surface area contributed by atoms with Gasteiger partial charge in [-0.25, -0.2) is 4.79 Å². The first kappa shape index (κ1) is 17.5. The number of urea groups is 1. The fourth-order valence-electron chi connectivity index (χ4n) is 1.47. The first-order chi connectivity index (χ1) is 10.4. The second-order valence-corrected chi connectivity index (χ2v) is 4.61. The number of ether oxygens (including phenoxy) is 2. The average Bonchev–Trinajstić information content (AvgIpc) is 2.49. The van der Waals surface area contributed by atoms with Crippen molar-refractivity contribution >= 4 is 17.9 Å². The van der Waals surface area contributed by atoms with Crippen molar-refractivity contribution in [3.05, 3.63) is 29.8 Å². The monoisotopic (exact) mass is 308 g/mol. The van der Waals surface area contributed by atoms with Crippen LogP contribution in [0.3, 0.4) is 0 Å². The first-order valence-electron chi connectivity index (χ1n) is 6.84. The molecule has 0 radical (unpaired) electrons. The molecule has 0 saturated carbocycles. The van der Waals surface area contributed by atoms with Gasteiger partial charge in [-0.15, -0.1) is 0 Å². The number of benzene rings is 1. The minimum atomic E-state index is -1.05. The fraction of sp³-hybridized carbons (Fsp3) is 0.400. The summed E-state index contributed by atoms with van der Waals surface area (Å²) < 4.78 is 10.3. The lowest BCUT2D eigenvalue weighted by molar-refractivity contribution is -0.154. The fourth-order valence-corrected chi connectivity index (χ4v) is 1.47. The highest BCUT2D eigenvalue weighted by Crippen LogP contribution is 2.11. The normalized spacial score (nSPS) is 11.2. The van der Waals surface area contributed by atoms with Gasteiger partial charge >= 0.3 is 12.0 Å². The zero-order chi connectivity index (χ0) is 16.5. The Morgan fingerprint density at radius 1 is 1.18 bits per heavy atom. The number of nitrogens with one attached hydrogen (secondary N) is 2. The molecule has 7 heteroatoms. The Balaban J connectivity index is 2.29. The average molecular weight is 308 g/mol. The third-order valence-corrected chi connectivity index (χ3v) is 2.74. The molecule has 22 heavy (non-hydrogen) atoms. The van der Waals surface area contributed by atoms with Crippen LogP contribution in [0.2, 0.25) is 0 Å². The number of esters is 1. The van der Waals surface area contributed by atoms with Crippen LogP contribution in [0.1, 0.15) is 18.9 Å². The van der Waals surface area contributed by atoms with Crippen LogP contribution < -0.4 is 15.4 Å². The number of hydrogen-bond acceptors (Lipinski definition) is 5.